The number of para-hydroxylation sites is 1. The van der Waals surface area contributed by atoms with Crippen molar-refractivity contribution in [2.24, 2.45) is 0 Å². The van der Waals surface area contributed by atoms with E-state index in [4.69, 9.17) is 16.3 Å². The van der Waals surface area contributed by atoms with E-state index >= 15 is 0 Å². The molecule has 2 aromatic rings. The third-order valence-electron chi connectivity index (χ3n) is 4.50. The van der Waals surface area contributed by atoms with Crippen LogP contribution in [-0.2, 0) is 11.4 Å². The zero-order chi connectivity index (χ0) is 16.8. The molecular weight excluding hydrogens is 322 g/mol. The summed E-state index contributed by atoms with van der Waals surface area (Å²) in [5.74, 6) is 0.556. The lowest BCUT2D eigenvalue weighted by Crippen LogP contribution is -2.28. The van der Waals surface area contributed by atoms with E-state index in [0.29, 0.717) is 12.3 Å². The summed E-state index contributed by atoms with van der Waals surface area (Å²) in [5, 5.41) is 2.79. The standard InChI is InChI=1S/C20H22ClNO2/c21-20(13-7-2-8-14-20)17-11-5-6-12-18(17)24-19(23)22-15-16-9-3-1-4-10-16/h1,3-6,9-12H,2,7-8,13-15H2,(H,22,23). The van der Waals surface area contributed by atoms with Crippen LogP contribution in [-0.4, -0.2) is 6.09 Å². The van der Waals surface area contributed by atoms with Gasteiger partial charge in [0.15, 0.2) is 0 Å². The van der Waals surface area contributed by atoms with Crippen LogP contribution in [0.4, 0.5) is 4.79 Å². The average molecular weight is 344 g/mol. The molecule has 1 saturated carbocycles. The Morgan fingerprint density at radius 2 is 1.67 bits per heavy atom. The fourth-order valence-corrected chi connectivity index (χ4v) is 3.64. The number of amides is 1. The number of ether oxygens (including phenoxy) is 1. The van der Waals surface area contributed by atoms with Crippen LogP contribution in [0.2, 0.25) is 0 Å². The monoisotopic (exact) mass is 343 g/mol. The number of benzene rings is 2. The first-order valence-corrected chi connectivity index (χ1v) is 8.83. The molecule has 1 amide bonds. The summed E-state index contributed by atoms with van der Waals surface area (Å²) < 4.78 is 5.55. The molecule has 0 radical (unpaired) electrons. The van der Waals surface area contributed by atoms with E-state index in [1.54, 1.807) is 0 Å². The molecule has 0 heterocycles. The van der Waals surface area contributed by atoms with E-state index in [2.05, 4.69) is 5.32 Å². The highest BCUT2D eigenvalue weighted by Gasteiger charge is 2.34. The van der Waals surface area contributed by atoms with E-state index in [0.717, 1.165) is 36.8 Å². The molecule has 2 aromatic carbocycles. The van der Waals surface area contributed by atoms with Gasteiger partial charge in [-0.2, -0.15) is 0 Å². The highest BCUT2D eigenvalue weighted by atomic mass is 35.5. The number of halogens is 1. The zero-order valence-corrected chi connectivity index (χ0v) is 14.4. The first-order chi connectivity index (χ1) is 11.7. The molecule has 1 fully saturated rings. The zero-order valence-electron chi connectivity index (χ0n) is 13.6. The minimum absolute atomic E-state index is 0.422. The third-order valence-corrected chi connectivity index (χ3v) is 5.08. The van der Waals surface area contributed by atoms with Gasteiger partial charge in [-0.15, -0.1) is 11.6 Å². The van der Waals surface area contributed by atoms with Crippen molar-refractivity contribution in [1.29, 1.82) is 0 Å². The van der Waals surface area contributed by atoms with E-state index < -0.39 is 11.0 Å². The van der Waals surface area contributed by atoms with Crippen LogP contribution in [0.15, 0.2) is 54.6 Å². The van der Waals surface area contributed by atoms with Crippen molar-refractivity contribution >= 4 is 17.7 Å². The van der Waals surface area contributed by atoms with Crippen molar-refractivity contribution in [1.82, 2.24) is 5.32 Å². The van der Waals surface area contributed by atoms with E-state index in [9.17, 15) is 4.79 Å². The van der Waals surface area contributed by atoms with Gasteiger partial charge >= 0.3 is 6.09 Å². The Morgan fingerprint density at radius 1 is 1.00 bits per heavy atom. The molecule has 0 spiro atoms. The van der Waals surface area contributed by atoms with Crippen molar-refractivity contribution in [2.75, 3.05) is 0 Å². The van der Waals surface area contributed by atoms with Crippen LogP contribution in [0.25, 0.3) is 0 Å². The molecule has 0 bridgehead atoms. The number of hydrogen-bond acceptors (Lipinski definition) is 2. The molecule has 0 unspecified atom stereocenters. The maximum atomic E-state index is 12.1. The van der Waals surface area contributed by atoms with Crippen LogP contribution >= 0.6 is 11.6 Å². The minimum Gasteiger partial charge on any atom is -0.410 e. The first-order valence-electron chi connectivity index (χ1n) is 8.45. The highest BCUT2D eigenvalue weighted by Crippen LogP contribution is 2.46. The van der Waals surface area contributed by atoms with Crippen LogP contribution in [0, 0.1) is 0 Å². The van der Waals surface area contributed by atoms with Gasteiger partial charge in [0.2, 0.25) is 0 Å². The number of hydrogen-bond donors (Lipinski definition) is 1. The maximum Gasteiger partial charge on any atom is 0.412 e. The average Bonchev–Trinajstić information content (AvgIpc) is 2.62. The van der Waals surface area contributed by atoms with Crippen LogP contribution in [0.1, 0.15) is 43.2 Å². The number of nitrogens with one attached hydrogen (secondary N) is 1. The Hall–Kier alpha value is -2.00. The molecule has 126 valence electrons. The second kappa shape index (κ2) is 7.71. The van der Waals surface area contributed by atoms with Gasteiger partial charge in [-0.3, -0.25) is 0 Å². The number of carbonyl (C=O) groups excluding carboxylic acids is 1. The van der Waals surface area contributed by atoms with Gasteiger partial charge in [0.25, 0.3) is 0 Å². The van der Waals surface area contributed by atoms with Crippen molar-refractivity contribution in [3.63, 3.8) is 0 Å². The fraction of sp³-hybridized carbons (Fsp3) is 0.350. The van der Waals surface area contributed by atoms with Gasteiger partial charge in [0.1, 0.15) is 5.75 Å². The molecule has 0 saturated heterocycles. The molecule has 1 aliphatic carbocycles. The molecule has 3 rings (SSSR count). The van der Waals surface area contributed by atoms with E-state index in [1.165, 1.54) is 6.42 Å². The van der Waals surface area contributed by atoms with Crippen molar-refractivity contribution in [3.8, 4) is 5.75 Å². The normalized spacial score (nSPS) is 16.4. The summed E-state index contributed by atoms with van der Waals surface area (Å²) >= 11 is 6.85. The van der Waals surface area contributed by atoms with E-state index in [1.807, 2.05) is 54.6 Å². The Kier molecular flexibility index (Phi) is 5.41. The van der Waals surface area contributed by atoms with Gasteiger partial charge in [0, 0.05) is 12.1 Å². The second-order valence-electron chi connectivity index (χ2n) is 6.25. The van der Waals surface area contributed by atoms with Crippen molar-refractivity contribution < 1.29 is 9.53 Å². The van der Waals surface area contributed by atoms with Gasteiger partial charge in [-0.1, -0.05) is 67.8 Å². The maximum absolute atomic E-state index is 12.1. The molecule has 0 aliphatic heterocycles. The molecule has 0 aromatic heterocycles. The molecule has 3 nitrogen and oxygen atoms in total. The minimum atomic E-state index is -0.456. The van der Waals surface area contributed by atoms with Crippen LogP contribution < -0.4 is 10.1 Å². The summed E-state index contributed by atoms with van der Waals surface area (Å²) in [6.45, 7) is 0.438. The largest absolute Gasteiger partial charge is 0.412 e. The fourth-order valence-electron chi connectivity index (χ4n) is 3.21. The number of rotatable bonds is 4. The lowest BCUT2D eigenvalue weighted by molar-refractivity contribution is 0.198. The quantitative estimate of drug-likeness (QED) is 0.757. The van der Waals surface area contributed by atoms with Crippen molar-refractivity contribution in [3.05, 3.63) is 65.7 Å². The summed E-state index contributed by atoms with van der Waals surface area (Å²) in [4.78, 5) is 11.7. The topological polar surface area (TPSA) is 38.3 Å². The summed E-state index contributed by atoms with van der Waals surface area (Å²) in [7, 11) is 0. The highest BCUT2D eigenvalue weighted by molar-refractivity contribution is 6.24. The van der Waals surface area contributed by atoms with E-state index in [-0.39, 0.29) is 0 Å². The molecular formula is C20H22ClNO2. The predicted octanol–water partition coefficient (Wildman–Crippen LogP) is 5.37. The molecule has 0 atom stereocenters. The van der Waals surface area contributed by atoms with Crippen LogP contribution in [0.3, 0.4) is 0 Å². The lowest BCUT2D eigenvalue weighted by Gasteiger charge is -2.32. The van der Waals surface area contributed by atoms with Gasteiger partial charge in [-0.05, 0) is 24.5 Å². The Balaban J connectivity index is 1.67. The van der Waals surface area contributed by atoms with Gasteiger partial charge < -0.3 is 10.1 Å². The first kappa shape index (κ1) is 16.8. The van der Waals surface area contributed by atoms with Gasteiger partial charge in [-0.25, -0.2) is 4.79 Å². The number of carbonyl (C=O) groups is 1. The Bertz CT molecular complexity index is 681. The smallest absolute Gasteiger partial charge is 0.410 e. The SMILES string of the molecule is O=C(NCc1ccccc1)Oc1ccccc1C1(Cl)CCCCC1. The van der Waals surface area contributed by atoms with Crippen molar-refractivity contribution in [2.45, 2.75) is 43.5 Å². The van der Waals surface area contributed by atoms with Gasteiger partial charge in [0.05, 0.1) is 4.87 Å². The lowest BCUT2D eigenvalue weighted by atomic mass is 9.83. The molecule has 4 heteroatoms. The number of alkyl halides is 1. The molecule has 24 heavy (non-hydrogen) atoms. The second-order valence-corrected chi connectivity index (χ2v) is 6.97. The third kappa shape index (κ3) is 4.09. The Labute approximate surface area is 148 Å². The Morgan fingerprint density at radius 3 is 2.42 bits per heavy atom. The summed E-state index contributed by atoms with van der Waals surface area (Å²) in [6, 6.07) is 17.4. The summed E-state index contributed by atoms with van der Waals surface area (Å²) in [5.41, 5.74) is 1.95. The summed E-state index contributed by atoms with van der Waals surface area (Å²) in [6.07, 6.45) is 4.81. The molecule has 1 N–H and O–H groups in total. The predicted molar refractivity (Wildman–Crippen MR) is 96.4 cm³/mol. The molecule has 1 aliphatic rings. The van der Waals surface area contributed by atoms with Crippen LogP contribution in [0.5, 0.6) is 5.75 Å².